The summed E-state index contributed by atoms with van der Waals surface area (Å²) < 4.78 is 5.37. The molecule has 3 heteroatoms. The zero-order valence-electron chi connectivity index (χ0n) is 11.7. The lowest BCUT2D eigenvalue weighted by molar-refractivity contribution is 0.415. The molecule has 1 unspecified atom stereocenters. The second kappa shape index (κ2) is 6.34. The van der Waals surface area contributed by atoms with E-state index in [4.69, 9.17) is 4.74 Å². The van der Waals surface area contributed by atoms with Crippen LogP contribution in [0.3, 0.4) is 0 Å². The summed E-state index contributed by atoms with van der Waals surface area (Å²) in [5, 5.41) is 3.32. The molecule has 100 valence electrons. The van der Waals surface area contributed by atoms with Gasteiger partial charge in [-0.25, -0.2) is 0 Å². The van der Waals surface area contributed by atoms with Crippen LogP contribution >= 0.6 is 0 Å². The van der Waals surface area contributed by atoms with Crippen LogP contribution in [0.15, 0.2) is 42.6 Å². The third kappa shape index (κ3) is 2.93. The molecule has 1 aromatic heterocycles. The van der Waals surface area contributed by atoms with Crippen molar-refractivity contribution in [2.24, 2.45) is 0 Å². The van der Waals surface area contributed by atoms with Gasteiger partial charge in [0, 0.05) is 17.8 Å². The maximum Gasteiger partial charge on any atom is 0.145 e. The normalized spacial score (nSPS) is 12.2. The number of ether oxygens (including phenoxy) is 1. The van der Waals surface area contributed by atoms with E-state index < -0.39 is 0 Å². The molecule has 2 aromatic rings. The largest absolute Gasteiger partial charge is 0.494 e. The van der Waals surface area contributed by atoms with Gasteiger partial charge in [0.25, 0.3) is 0 Å². The fourth-order valence-electron chi connectivity index (χ4n) is 2.28. The van der Waals surface area contributed by atoms with Gasteiger partial charge in [0.15, 0.2) is 0 Å². The minimum Gasteiger partial charge on any atom is -0.494 e. The highest BCUT2D eigenvalue weighted by Crippen LogP contribution is 2.29. The molecule has 1 atom stereocenters. The van der Waals surface area contributed by atoms with E-state index >= 15 is 0 Å². The highest BCUT2D eigenvalue weighted by molar-refractivity contribution is 5.66. The lowest BCUT2D eigenvalue weighted by Crippen LogP contribution is -2.15. The van der Waals surface area contributed by atoms with Crippen LogP contribution < -0.4 is 10.1 Å². The fraction of sp³-hybridized carbons (Fsp3) is 0.312. The Morgan fingerprint density at radius 2 is 2.11 bits per heavy atom. The number of aromatic nitrogens is 1. The molecule has 3 nitrogen and oxygen atoms in total. The molecule has 0 saturated carbocycles. The predicted octanol–water partition coefficient (Wildman–Crippen LogP) is 3.43. The van der Waals surface area contributed by atoms with Crippen LogP contribution in [0.5, 0.6) is 5.75 Å². The Morgan fingerprint density at radius 1 is 1.26 bits per heavy atom. The maximum atomic E-state index is 5.37. The molecule has 19 heavy (non-hydrogen) atoms. The van der Waals surface area contributed by atoms with Crippen LogP contribution in [0.4, 0.5) is 0 Å². The summed E-state index contributed by atoms with van der Waals surface area (Å²) in [4.78, 5) is 4.43. The van der Waals surface area contributed by atoms with Crippen molar-refractivity contribution in [3.63, 3.8) is 0 Å². The molecule has 0 radical (unpaired) electrons. The number of hydrogen-bond donors (Lipinski definition) is 1. The van der Waals surface area contributed by atoms with Crippen molar-refractivity contribution >= 4 is 0 Å². The number of pyridine rings is 1. The van der Waals surface area contributed by atoms with Crippen LogP contribution in [0.1, 0.15) is 24.9 Å². The van der Waals surface area contributed by atoms with Crippen LogP contribution in [0.25, 0.3) is 11.3 Å². The summed E-state index contributed by atoms with van der Waals surface area (Å²) in [6.07, 6.45) is 2.85. The van der Waals surface area contributed by atoms with Crippen LogP contribution in [-0.4, -0.2) is 19.1 Å². The number of rotatable bonds is 5. The molecule has 0 amide bonds. The minimum atomic E-state index is 0.370. The summed E-state index contributed by atoms with van der Waals surface area (Å²) in [6, 6.07) is 12.6. The zero-order valence-corrected chi connectivity index (χ0v) is 11.7. The molecule has 0 spiro atoms. The smallest absolute Gasteiger partial charge is 0.145 e. The van der Waals surface area contributed by atoms with Crippen molar-refractivity contribution in [2.75, 3.05) is 14.2 Å². The first-order valence-electron chi connectivity index (χ1n) is 6.56. The van der Waals surface area contributed by atoms with Crippen molar-refractivity contribution in [2.45, 2.75) is 19.4 Å². The number of nitrogens with zero attached hydrogens (tertiary/aromatic N) is 1. The molecule has 0 bridgehead atoms. The van der Waals surface area contributed by atoms with E-state index in [0.29, 0.717) is 6.04 Å². The first kappa shape index (κ1) is 13.6. The Kier molecular flexibility index (Phi) is 4.53. The van der Waals surface area contributed by atoms with Gasteiger partial charge >= 0.3 is 0 Å². The summed E-state index contributed by atoms with van der Waals surface area (Å²) in [7, 11) is 3.66. The van der Waals surface area contributed by atoms with Gasteiger partial charge < -0.3 is 10.1 Å². The first-order chi connectivity index (χ1) is 9.30. The average Bonchev–Trinajstić information content (AvgIpc) is 2.49. The lowest BCUT2D eigenvalue weighted by Gasteiger charge is -2.15. The Balaban J connectivity index is 2.43. The van der Waals surface area contributed by atoms with Crippen molar-refractivity contribution in [3.8, 4) is 17.0 Å². The third-order valence-electron chi connectivity index (χ3n) is 3.31. The second-order valence-corrected chi connectivity index (χ2v) is 4.43. The quantitative estimate of drug-likeness (QED) is 0.890. The first-order valence-corrected chi connectivity index (χ1v) is 6.56. The molecule has 1 aromatic carbocycles. The monoisotopic (exact) mass is 256 g/mol. The molecule has 0 aliphatic carbocycles. The Labute approximate surface area is 114 Å². The topological polar surface area (TPSA) is 34.2 Å². The SMILES string of the molecule is CCC(NC)c1cccc(-c2ncccc2OC)c1. The lowest BCUT2D eigenvalue weighted by atomic mass is 10.0. The number of hydrogen-bond acceptors (Lipinski definition) is 3. The number of methoxy groups -OCH3 is 1. The summed E-state index contributed by atoms with van der Waals surface area (Å²) in [5.41, 5.74) is 3.25. The van der Waals surface area contributed by atoms with Crippen molar-refractivity contribution in [1.29, 1.82) is 0 Å². The summed E-state index contributed by atoms with van der Waals surface area (Å²) in [5.74, 6) is 0.803. The predicted molar refractivity (Wildman–Crippen MR) is 78.3 cm³/mol. The molecule has 1 N–H and O–H groups in total. The van der Waals surface area contributed by atoms with E-state index in [1.807, 2.05) is 19.2 Å². The van der Waals surface area contributed by atoms with Gasteiger partial charge in [0.05, 0.1) is 7.11 Å². The van der Waals surface area contributed by atoms with Crippen LogP contribution in [0.2, 0.25) is 0 Å². The van der Waals surface area contributed by atoms with Gasteiger partial charge in [-0.2, -0.15) is 0 Å². The zero-order chi connectivity index (χ0) is 13.7. The summed E-state index contributed by atoms with van der Waals surface area (Å²) >= 11 is 0. The van der Waals surface area contributed by atoms with E-state index in [1.54, 1.807) is 13.3 Å². The minimum absolute atomic E-state index is 0.370. The van der Waals surface area contributed by atoms with E-state index in [9.17, 15) is 0 Å². The highest BCUT2D eigenvalue weighted by atomic mass is 16.5. The van der Waals surface area contributed by atoms with E-state index in [-0.39, 0.29) is 0 Å². The molecular formula is C16H20N2O. The Hall–Kier alpha value is -1.87. The summed E-state index contributed by atoms with van der Waals surface area (Å²) in [6.45, 7) is 2.18. The van der Waals surface area contributed by atoms with Gasteiger partial charge in [0.2, 0.25) is 0 Å². The highest BCUT2D eigenvalue weighted by Gasteiger charge is 2.10. The molecule has 0 aliphatic rings. The molecule has 0 saturated heterocycles. The number of nitrogens with one attached hydrogen (secondary N) is 1. The third-order valence-corrected chi connectivity index (χ3v) is 3.31. The fourth-order valence-corrected chi connectivity index (χ4v) is 2.28. The molecule has 2 rings (SSSR count). The van der Waals surface area contributed by atoms with Crippen molar-refractivity contribution in [3.05, 3.63) is 48.2 Å². The molecule has 0 fully saturated rings. The van der Waals surface area contributed by atoms with Crippen molar-refractivity contribution < 1.29 is 4.74 Å². The molecule has 0 aliphatic heterocycles. The van der Waals surface area contributed by atoms with Gasteiger partial charge in [-0.05, 0) is 37.2 Å². The van der Waals surface area contributed by atoms with E-state index in [1.165, 1.54) is 5.56 Å². The van der Waals surface area contributed by atoms with Gasteiger partial charge in [-0.15, -0.1) is 0 Å². The Morgan fingerprint density at radius 3 is 2.79 bits per heavy atom. The standard InChI is InChI=1S/C16H20N2O/c1-4-14(17-2)12-7-5-8-13(11-12)16-15(19-3)9-6-10-18-16/h5-11,14,17H,4H2,1-3H3. The maximum absolute atomic E-state index is 5.37. The van der Waals surface area contributed by atoms with Crippen LogP contribution in [-0.2, 0) is 0 Å². The number of benzene rings is 1. The van der Waals surface area contributed by atoms with Gasteiger partial charge in [-0.1, -0.05) is 25.1 Å². The average molecular weight is 256 g/mol. The van der Waals surface area contributed by atoms with Crippen LogP contribution in [0, 0.1) is 0 Å². The second-order valence-electron chi connectivity index (χ2n) is 4.43. The molecular weight excluding hydrogens is 236 g/mol. The Bertz CT molecular complexity index is 536. The van der Waals surface area contributed by atoms with Crippen molar-refractivity contribution in [1.82, 2.24) is 10.3 Å². The van der Waals surface area contributed by atoms with Gasteiger partial charge in [-0.3, -0.25) is 4.98 Å². The van der Waals surface area contributed by atoms with Gasteiger partial charge in [0.1, 0.15) is 11.4 Å². The molecule has 1 heterocycles. The van der Waals surface area contributed by atoms with E-state index in [0.717, 1.165) is 23.4 Å². The van der Waals surface area contributed by atoms with E-state index in [2.05, 4.69) is 41.5 Å².